The predicted octanol–water partition coefficient (Wildman–Crippen LogP) is 0.748. The Balaban J connectivity index is 1.69. The Morgan fingerprint density at radius 1 is 1.39 bits per heavy atom. The maximum Gasteiger partial charge on any atom is 0.346 e. The summed E-state index contributed by atoms with van der Waals surface area (Å²) in [7, 11) is 0. The van der Waals surface area contributed by atoms with Crippen molar-refractivity contribution in [2.45, 2.75) is 32.4 Å². The topological polar surface area (TPSA) is 45.1 Å². The van der Waals surface area contributed by atoms with Crippen LogP contribution in [0.1, 0.15) is 26.2 Å². The molecule has 0 bridgehead atoms. The van der Waals surface area contributed by atoms with Gasteiger partial charge in [0.15, 0.2) is 0 Å². The molecule has 0 aromatic heterocycles. The van der Waals surface area contributed by atoms with E-state index < -0.39 is 6.17 Å². The first-order valence-corrected chi connectivity index (χ1v) is 6.96. The van der Waals surface area contributed by atoms with Crippen LogP contribution in [0.3, 0.4) is 0 Å². The molecule has 0 amide bonds. The Morgan fingerprint density at radius 3 is 2.89 bits per heavy atom. The molecule has 5 heteroatoms. The number of hydrogen-bond donors (Lipinski definition) is 0. The summed E-state index contributed by atoms with van der Waals surface area (Å²) in [5.74, 6) is -0.215. The summed E-state index contributed by atoms with van der Waals surface area (Å²) in [6.07, 6.45) is 5.18. The predicted molar refractivity (Wildman–Crippen MR) is 70.8 cm³/mol. The van der Waals surface area contributed by atoms with Crippen LogP contribution in [0.25, 0.3) is 0 Å². The number of nitrogens with zero attached hydrogens (tertiary/aromatic N) is 3. The first-order chi connectivity index (χ1) is 8.81. The molecule has 1 atom stereocenters. The van der Waals surface area contributed by atoms with E-state index in [-0.39, 0.29) is 5.97 Å². The van der Waals surface area contributed by atoms with Crippen LogP contribution in [0.15, 0.2) is 4.99 Å². The summed E-state index contributed by atoms with van der Waals surface area (Å²) < 4.78 is 5.03. The fourth-order valence-corrected chi connectivity index (χ4v) is 2.59. The second-order valence-electron chi connectivity index (χ2n) is 4.85. The van der Waals surface area contributed by atoms with Gasteiger partial charge in [0.1, 0.15) is 0 Å². The van der Waals surface area contributed by atoms with Crippen molar-refractivity contribution >= 4 is 12.2 Å². The van der Waals surface area contributed by atoms with Crippen LogP contribution < -0.4 is 0 Å². The zero-order chi connectivity index (χ0) is 12.8. The standard InChI is InChI=1S/C13H23N3O2/c1-2-18-13(17)12-14-6-11-16(12)10-5-9-15-7-3-4-8-15/h6,12H,2-5,7-11H2,1H3. The molecule has 0 spiro atoms. The van der Waals surface area contributed by atoms with Crippen LogP contribution in [-0.2, 0) is 9.53 Å². The summed E-state index contributed by atoms with van der Waals surface area (Å²) in [5, 5.41) is 0. The van der Waals surface area contributed by atoms with Gasteiger partial charge >= 0.3 is 5.97 Å². The highest BCUT2D eigenvalue weighted by Gasteiger charge is 2.28. The highest BCUT2D eigenvalue weighted by atomic mass is 16.5. The molecule has 0 aromatic carbocycles. The smallest absolute Gasteiger partial charge is 0.346 e. The Bertz CT molecular complexity index is 301. The largest absolute Gasteiger partial charge is 0.463 e. The van der Waals surface area contributed by atoms with E-state index in [4.69, 9.17) is 4.74 Å². The molecule has 2 heterocycles. The van der Waals surface area contributed by atoms with Crippen LogP contribution in [0.5, 0.6) is 0 Å². The first-order valence-electron chi connectivity index (χ1n) is 6.96. The van der Waals surface area contributed by atoms with E-state index in [1.54, 1.807) is 0 Å². The molecule has 2 aliphatic rings. The van der Waals surface area contributed by atoms with Crippen molar-refractivity contribution in [2.24, 2.45) is 4.99 Å². The summed E-state index contributed by atoms with van der Waals surface area (Å²) in [4.78, 5) is 20.5. The zero-order valence-electron chi connectivity index (χ0n) is 11.2. The lowest BCUT2D eigenvalue weighted by atomic mass is 10.3. The van der Waals surface area contributed by atoms with Crippen molar-refractivity contribution in [1.29, 1.82) is 0 Å². The molecule has 102 valence electrons. The molecule has 2 rings (SSSR count). The molecule has 0 N–H and O–H groups in total. The molecule has 0 aromatic rings. The molecule has 2 aliphatic heterocycles. The average molecular weight is 253 g/mol. The summed E-state index contributed by atoms with van der Waals surface area (Å²) in [6.45, 7) is 7.53. The van der Waals surface area contributed by atoms with Gasteiger partial charge in [-0.1, -0.05) is 0 Å². The van der Waals surface area contributed by atoms with Crippen molar-refractivity contribution in [3.63, 3.8) is 0 Å². The van der Waals surface area contributed by atoms with Gasteiger partial charge < -0.3 is 9.64 Å². The van der Waals surface area contributed by atoms with Crippen molar-refractivity contribution in [3.05, 3.63) is 0 Å². The van der Waals surface area contributed by atoms with Gasteiger partial charge in [-0.05, 0) is 45.8 Å². The van der Waals surface area contributed by atoms with Crippen LogP contribution in [0.4, 0.5) is 0 Å². The van der Waals surface area contributed by atoms with Crippen molar-refractivity contribution in [2.75, 3.05) is 39.3 Å². The summed E-state index contributed by atoms with van der Waals surface area (Å²) in [6, 6.07) is 0. The van der Waals surface area contributed by atoms with Gasteiger partial charge in [0.2, 0.25) is 6.17 Å². The van der Waals surface area contributed by atoms with Crippen LogP contribution in [-0.4, -0.2) is 67.5 Å². The van der Waals surface area contributed by atoms with Gasteiger partial charge in [0.05, 0.1) is 6.61 Å². The third-order valence-electron chi connectivity index (χ3n) is 3.52. The van der Waals surface area contributed by atoms with Gasteiger partial charge in [0.25, 0.3) is 0 Å². The molecule has 1 unspecified atom stereocenters. The third kappa shape index (κ3) is 3.53. The van der Waals surface area contributed by atoms with E-state index in [2.05, 4.69) is 14.8 Å². The fourth-order valence-electron chi connectivity index (χ4n) is 2.59. The van der Waals surface area contributed by atoms with Crippen LogP contribution in [0.2, 0.25) is 0 Å². The van der Waals surface area contributed by atoms with Gasteiger partial charge in [-0.2, -0.15) is 0 Å². The number of aliphatic imine (C=N–C) groups is 1. The average Bonchev–Trinajstić information content (AvgIpc) is 3.00. The lowest BCUT2D eigenvalue weighted by Gasteiger charge is -2.22. The quantitative estimate of drug-likeness (QED) is 0.655. The number of carbonyl (C=O) groups is 1. The number of rotatable bonds is 6. The number of carbonyl (C=O) groups excluding carboxylic acids is 1. The van der Waals surface area contributed by atoms with Gasteiger partial charge in [-0.15, -0.1) is 0 Å². The molecule has 0 saturated carbocycles. The van der Waals surface area contributed by atoms with Crippen LogP contribution in [0, 0.1) is 0 Å². The lowest BCUT2D eigenvalue weighted by Crippen LogP contribution is -2.39. The van der Waals surface area contributed by atoms with E-state index in [1.807, 2.05) is 13.1 Å². The van der Waals surface area contributed by atoms with E-state index in [0.29, 0.717) is 6.61 Å². The van der Waals surface area contributed by atoms with Crippen molar-refractivity contribution in [3.8, 4) is 0 Å². The Hall–Kier alpha value is -0.940. The molecular formula is C13H23N3O2. The molecule has 18 heavy (non-hydrogen) atoms. The minimum Gasteiger partial charge on any atom is -0.463 e. The van der Waals surface area contributed by atoms with Gasteiger partial charge in [-0.25, -0.2) is 4.79 Å². The molecular weight excluding hydrogens is 230 g/mol. The SMILES string of the molecule is CCOC(=O)C1N=CCN1CCCN1CCCC1. The van der Waals surface area contributed by atoms with Gasteiger partial charge in [0, 0.05) is 19.3 Å². The number of ether oxygens (including phenoxy) is 1. The lowest BCUT2D eigenvalue weighted by molar-refractivity contribution is -0.148. The molecule has 0 aliphatic carbocycles. The second-order valence-corrected chi connectivity index (χ2v) is 4.85. The summed E-state index contributed by atoms with van der Waals surface area (Å²) >= 11 is 0. The Kier molecular flexibility index (Phi) is 5.13. The van der Waals surface area contributed by atoms with E-state index >= 15 is 0 Å². The maximum absolute atomic E-state index is 11.7. The van der Waals surface area contributed by atoms with Gasteiger partial charge in [-0.3, -0.25) is 9.89 Å². The van der Waals surface area contributed by atoms with E-state index in [9.17, 15) is 4.79 Å². The molecule has 0 radical (unpaired) electrons. The second kappa shape index (κ2) is 6.85. The fraction of sp³-hybridized carbons (Fsp3) is 0.846. The normalized spacial score (nSPS) is 24.8. The summed E-state index contributed by atoms with van der Waals surface area (Å²) in [5.41, 5.74) is 0. The molecule has 1 fully saturated rings. The highest BCUT2D eigenvalue weighted by molar-refractivity contribution is 5.80. The minimum absolute atomic E-state index is 0.215. The van der Waals surface area contributed by atoms with E-state index in [0.717, 1.165) is 26.1 Å². The number of hydrogen-bond acceptors (Lipinski definition) is 5. The number of likely N-dealkylation sites (tertiary alicyclic amines) is 1. The monoisotopic (exact) mass is 253 g/mol. The minimum atomic E-state index is -0.400. The first kappa shape index (κ1) is 13.5. The van der Waals surface area contributed by atoms with Crippen molar-refractivity contribution < 1.29 is 9.53 Å². The molecule has 5 nitrogen and oxygen atoms in total. The Labute approximate surface area is 109 Å². The van der Waals surface area contributed by atoms with E-state index in [1.165, 1.54) is 25.9 Å². The number of esters is 1. The maximum atomic E-state index is 11.7. The highest BCUT2D eigenvalue weighted by Crippen LogP contribution is 2.11. The zero-order valence-corrected chi connectivity index (χ0v) is 11.2. The van der Waals surface area contributed by atoms with Crippen LogP contribution >= 0.6 is 0 Å². The van der Waals surface area contributed by atoms with Crippen molar-refractivity contribution in [1.82, 2.24) is 9.80 Å². The Morgan fingerprint density at radius 2 is 2.17 bits per heavy atom. The third-order valence-corrected chi connectivity index (χ3v) is 3.52. The molecule has 1 saturated heterocycles.